The fourth-order valence-corrected chi connectivity index (χ4v) is 5.16. The molecule has 0 spiro atoms. The van der Waals surface area contributed by atoms with Gasteiger partial charge in [0, 0.05) is 17.0 Å². The summed E-state index contributed by atoms with van der Waals surface area (Å²) in [5, 5.41) is 13.0. The number of halogens is 1. The smallest absolute Gasteiger partial charge is 0.295 e. The van der Waals surface area contributed by atoms with E-state index in [1.807, 2.05) is 37.4 Å². The van der Waals surface area contributed by atoms with Crippen LogP contribution in [0.15, 0.2) is 39.7 Å². The van der Waals surface area contributed by atoms with Gasteiger partial charge in [0.25, 0.3) is 11.7 Å². The number of hydrogen-bond acceptors (Lipinski definition) is 6. The molecule has 1 aliphatic heterocycles. The number of aliphatic hydroxyl groups is 1. The van der Waals surface area contributed by atoms with Crippen LogP contribution in [0.2, 0.25) is 0 Å². The third kappa shape index (κ3) is 4.31. The molecule has 2 aromatic rings. The molecule has 1 atom stereocenters. The van der Waals surface area contributed by atoms with Gasteiger partial charge in [0.1, 0.15) is 11.5 Å². The molecule has 160 valence electrons. The van der Waals surface area contributed by atoms with Crippen molar-refractivity contribution < 1.29 is 19.4 Å². The van der Waals surface area contributed by atoms with Crippen LogP contribution < -0.4 is 4.74 Å². The van der Waals surface area contributed by atoms with Crippen LogP contribution in [0.4, 0.5) is 0 Å². The number of ketones is 1. The summed E-state index contributed by atoms with van der Waals surface area (Å²) in [6, 6.07) is 6.44. The summed E-state index contributed by atoms with van der Waals surface area (Å²) in [7, 11) is 5.49. The Bertz CT molecular complexity index is 999. The molecule has 2 heterocycles. The van der Waals surface area contributed by atoms with Crippen molar-refractivity contribution in [3.63, 3.8) is 0 Å². The maximum absolute atomic E-state index is 13.0. The molecule has 30 heavy (non-hydrogen) atoms. The summed E-state index contributed by atoms with van der Waals surface area (Å²) in [5.41, 5.74) is 1.58. The lowest BCUT2D eigenvalue weighted by atomic mass is 9.98. The van der Waals surface area contributed by atoms with Gasteiger partial charge in [-0.05, 0) is 85.1 Å². The van der Waals surface area contributed by atoms with Crippen molar-refractivity contribution in [3.8, 4) is 5.75 Å². The van der Waals surface area contributed by atoms with Gasteiger partial charge in [-0.3, -0.25) is 9.59 Å². The molecule has 1 aromatic heterocycles. The van der Waals surface area contributed by atoms with Crippen LogP contribution in [-0.2, 0) is 9.59 Å². The molecule has 1 unspecified atom stereocenters. The van der Waals surface area contributed by atoms with Crippen molar-refractivity contribution in [2.45, 2.75) is 19.4 Å². The molecule has 1 amide bonds. The quantitative estimate of drug-likeness (QED) is 0.356. The Morgan fingerprint density at radius 2 is 2.03 bits per heavy atom. The number of ether oxygens (including phenoxy) is 1. The Balaban J connectivity index is 2.09. The van der Waals surface area contributed by atoms with Crippen LogP contribution in [0.1, 0.15) is 28.5 Å². The second-order valence-corrected chi connectivity index (χ2v) is 9.27. The first-order chi connectivity index (χ1) is 14.3. The van der Waals surface area contributed by atoms with E-state index in [1.54, 1.807) is 30.2 Å². The van der Waals surface area contributed by atoms with Gasteiger partial charge in [0.05, 0.1) is 23.2 Å². The summed E-state index contributed by atoms with van der Waals surface area (Å²) < 4.78 is 5.89. The van der Waals surface area contributed by atoms with Crippen LogP contribution in [0.25, 0.3) is 5.76 Å². The van der Waals surface area contributed by atoms with E-state index in [9.17, 15) is 14.7 Å². The second kappa shape index (κ2) is 9.32. The van der Waals surface area contributed by atoms with Gasteiger partial charge in [-0.15, -0.1) is 11.3 Å². The van der Waals surface area contributed by atoms with E-state index >= 15 is 0 Å². The highest BCUT2D eigenvalue weighted by Crippen LogP contribution is 2.43. The van der Waals surface area contributed by atoms with Crippen LogP contribution in [0, 0.1) is 6.92 Å². The number of methoxy groups -OCH3 is 1. The summed E-state index contributed by atoms with van der Waals surface area (Å²) in [4.78, 5) is 30.4. The Hall–Kier alpha value is -2.16. The fourth-order valence-electron chi connectivity index (χ4n) is 3.57. The SMILES string of the molecule is COc1ccc(/C(O)=C2/C(=O)C(=O)N(CCCN(C)C)C2c2sccc2C)cc1Br. The maximum Gasteiger partial charge on any atom is 0.295 e. The molecule has 3 rings (SSSR count). The predicted octanol–water partition coefficient (Wildman–Crippen LogP) is 4.20. The Labute approximate surface area is 188 Å². The summed E-state index contributed by atoms with van der Waals surface area (Å²) in [5.74, 6) is -0.784. The van der Waals surface area contributed by atoms with Crippen LogP contribution >= 0.6 is 27.3 Å². The Kier molecular flexibility index (Phi) is 7.00. The average molecular weight is 493 g/mol. The number of aliphatic hydroxyl groups excluding tert-OH is 1. The van der Waals surface area contributed by atoms with Gasteiger partial charge < -0.3 is 19.6 Å². The molecule has 8 heteroatoms. The summed E-state index contributed by atoms with van der Waals surface area (Å²) in [6.07, 6.45) is 0.731. The number of likely N-dealkylation sites (tertiary alicyclic amines) is 1. The topological polar surface area (TPSA) is 70.1 Å². The minimum atomic E-state index is -0.651. The zero-order valence-electron chi connectivity index (χ0n) is 17.4. The molecule has 0 bridgehead atoms. The van der Waals surface area contributed by atoms with Crippen molar-refractivity contribution >= 4 is 44.7 Å². The molecule has 1 aromatic carbocycles. The Morgan fingerprint density at radius 1 is 1.30 bits per heavy atom. The normalized spacial score (nSPS) is 18.5. The van der Waals surface area contributed by atoms with E-state index in [-0.39, 0.29) is 11.3 Å². The lowest BCUT2D eigenvalue weighted by Crippen LogP contribution is -2.32. The molecule has 0 saturated carbocycles. The first-order valence-electron chi connectivity index (χ1n) is 9.57. The van der Waals surface area contributed by atoms with Crippen LogP contribution in [-0.4, -0.2) is 60.9 Å². The van der Waals surface area contributed by atoms with E-state index in [2.05, 4.69) is 15.9 Å². The number of rotatable bonds is 7. The monoisotopic (exact) mass is 492 g/mol. The van der Waals surface area contributed by atoms with E-state index < -0.39 is 17.7 Å². The highest BCUT2D eigenvalue weighted by molar-refractivity contribution is 9.10. The number of amides is 1. The number of aryl methyl sites for hydroxylation is 1. The first kappa shape index (κ1) is 22.5. The van der Waals surface area contributed by atoms with Crippen molar-refractivity contribution in [2.24, 2.45) is 0 Å². The Morgan fingerprint density at radius 3 is 2.60 bits per heavy atom. The molecule has 6 nitrogen and oxygen atoms in total. The number of benzene rings is 1. The van der Waals surface area contributed by atoms with Crippen LogP contribution in [0.5, 0.6) is 5.75 Å². The molecular formula is C22H25BrN2O4S. The van der Waals surface area contributed by atoms with Crippen molar-refractivity contribution in [3.05, 3.63) is 55.7 Å². The predicted molar refractivity (Wildman–Crippen MR) is 122 cm³/mol. The molecular weight excluding hydrogens is 468 g/mol. The van der Waals surface area contributed by atoms with Gasteiger partial charge in [0.2, 0.25) is 0 Å². The first-order valence-corrected chi connectivity index (χ1v) is 11.2. The molecule has 1 N–H and O–H groups in total. The minimum Gasteiger partial charge on any atom is -0.507 e. The highest BCUT2D eigenvalue weighted by Gasteiger charge is 2.46. The zero-order chi connectivity index (χ0) is 22.0. The number of thiophene rings is 1. The third-order valence-corrected chi connectivity index (χ3v) is 6.81. The molecule has 1 fully saturated rings. The number of Topliss-reactive ketones (excluding diaryl/α,β-unsaturated/α-hetero) is 1. The van der Waals surface area contributed by atoms with Gasteiger partial charge in [-0.2, -0.15) is 0 Å². The maximum atomic E-state index is 13.0. The lowest BCUT2D eigenvalue weighted by Gasteiger charge is -2.25. The largest absolute Gasteiger partial charge is 0.507 e. The molecule has 0 radical (unpaired) electrons. The number of carbonyl (C=O) groups excluding carboxylic acids is 2. The van der Waals surface area contributed by atoms with E-state index in [4.69, 9.17) is 4.74 Å². The van der Waals surface area contributed by atoms with Gasteiger partial charge >= 0.3 is 0 Å². The summed E-state index contributed by atoms with van der Waals surface area (Å²) >= 11 is 4.90. The third-order valence-electron chi connectivity index (χ3n) is 5.12. The van der Waals surface area contributed by atoms with E-state index in [0.717, 1.165) is 23.4 Å². The van der Waals surface area contributed by atoms with Gasteiger partial charge in [0.15, 0.2) is 0 Å². The molecule has 0 aliphatic carbocycles. The van der Waals surface area contributed by atoms with Crippen molar-refractivity contribution in [1.82, 2.24) is 9.80 Å². The number of carbonyl (C=O) groups is 2. The standard InChI is InChI=1S/C22H25BrN2O4S/c1-13-8-11-30-21(13)18-17(19(26)14-6-7-16(29-4)15(23)12-14)20(27)22(28)25(18)10-5-9-24(2)3/h6-8,11-12,18,26H,5,9-10H2,1-4H3/b19-17-. The lowest BCUT2D eigenvalue weighted by molar-refractivity contribution is -0.139. The summed E-state index contributed by atoms with van der Waals surface area (Å²) in [6.45, 7) is 3.19. The van der Waals surface area contributed by atoms with Crippen molar-refractivity contribution in [1.29, 1.82) is 0 Å². The molecule has 1 saturated heterocycles. The second-order valence-electron chi connectivity index (χ2n) is 7.47. The van der Waals surface area contributed by atoms with Gasteiger partial charge in [-0.1, -0.05) is 0 Å². The fraction of sp³-hybridized carbons (Fsp3) is 0.364. The van der Waals surface area contributed by atoms with Gasteiger partial charge in [-0.25, -0.2) is 0 Å². The molecule has 1 aliphatic rings. The van der Waals surface area contributed by atoms with E-state index in [0.29, 0.717) is 22.3 Å². The highest BCUT2D eigenvalue weighted by atomic mass is 79.9. The number of nitrogens with zero attached hydrogens (tertiary/aromatic N) is 2. The average Bonchev–Trinajstić information content (AvgIpc) is 3.23. The number of hydrogen-bond donors (Lipinski definition) is 1. The van der Waals surface area contributed by atoms with Crippen LogP contribution in [0.3, 0.4) is 0 Å². The van der Waals surface area contributed by atoms with Crippen molar-refractivity contribution in [2.75, 3.05) is 34.3 Å². The van der Waals surface area contributed by atoms with E-state index in [1.165, 1.54) is 11.3 Å². The minimum absolute atomic E-state index is 0.132. The zero-order valence-corrected chi connectivity index (χ0v) is 19.8.